The monoisotopic (exact) mass is 243 g/mol. The number of likely N-dealkylation sites (N-methyl/N-ethyl adjacent to an activating group) is 1. The van der Waals surface area contributed by atoms with E-state index in [0.717, 1.165) is 0 Å². The number of aryl methyl sites for hydroxylation is 2. The molecule has 0 saturated carbocycles. The molecule has 0 radical (unpaired) electrons. The third-order valence-corrected chi connectivity index (χ3v) is 4.07. The van der Waals surface area contributed by atoms with Crippen LogP contribution in [0.1, 0.15) is 54.8 Å². The maximum absolute atomic E-state index is 3.53. The summed E-state index contributed by atoms with van der Waals surface area (Å²) in [4.78, 5) is 0. The SMILES string of the molecule is CNC(C1=CCCCCC1)c1c(C)cccc1C. The lowest BCUT2D eigenvalue weighted by Crippen LogP contribution is -2.20. The highest BCUT2D eigenvalue weighted by Gasteiger charge is 2.19. The first-order chi connectivity index (χ1) is 8.74. The quantitative estimate of drug-likeness (QED) is 0.773. The molecule has 1 aliphatic carbocycles. The Morgan fingerprint density at radius 1 is 1.06 bits per heavy atom. The summed E-state index contributed by atoms with van der Waals surface area (Å²) < 4.78 is 0. The van der Waals surface area contributed by atoms with Crippen LogP contribution in [0.5, 0.6) is 0 Å². The van der Waals surface area contributed by atoms with E-state index in [9.17, 15) is 0 Å². The number of hydrogen-bond acceptors (Lipinski definition) is 1. The van der Waals surface area contributed by atoms with Crippen molar-refractivity contribution in [2.45, 2.75) is 52.0 Å². The smallest absolute Gasteiger partial charge is 0.0538 e. The molecule has 1 unspecified atom stereocenters. The van der Waals surface area contributed by atoms with Crippen molar-refractivity contribution in [3.8, 4) is 0 Å². The molecule has 0 fully saturated rings. The maximum atomic E-state index is 3.53. The standard InChI is InChI=1S/C17H25N/c1-13-9-8-10-14(2)16(13)17(18-3)15-11-6-4-5-7-12-15/h8-11,17-18H,4-7,12H2,1-3H3. The average molecular weight is 243 g/mol. The van der Waals surface area contributed by atoms with Gasteiger partial charge in [0.1, 0.15) is 0 Å². The predicted molar refractivity (Wildman–Crippen MR) is 78.9 cm³/mol. The Bertz CT molecular complexity index is 411. The van der Waals surface area contributed by atoms with E-state index in [-0.39, 0.29) is 0 Å². The summed E-state index contributed by atoms with van der Waals surface area (Å²) in [5.41, 5.74) is 5.87. The van der Waals surface area contributed by atoms with Gasteiger partial charge in [-0.05, 0) is 63.3 Å². The molecule has 1 aliphatic rings. The van der Waals surface area contributed by atoms with E-state index in [1.165, 1.54) is 48.8 Å². The van der Waals surface area contributed by atoms with Crippen molar-refractivity contribution in [1.82, 2.24) is 5.32 Å². The van der Waals surface area contributed by atoms with Gasteiger partial charge in [-0.1, -0.05) is 36.3 Å². The van der Waals surface area contributed by atoms with Crippen molar-refractivity contribution in [2.24, 2.45) is 0 Å². The zero-order chi connectivity index (χ0) is 13.0. The van der Waals surface area contributed by atoms with Gasteiger partial charge in [-0.15, -0.1) is 0 Å². The lowest BCUT2D eigenvalue weighted by atomic mass is 9.89. The minimum absolute atomic E-state index is 0.407. The molecule has 1 aromatic rings. The average Bonchev–Trinajstić information content (AvgIpc) is 2.63. The molecule has 2 rings (SSSR count). The van der Waals surface area contributed by atoms with Crippen molar-refractivity contribution in [3.05, 3.63) is 46.5 Å². The van der Waals surface area contributed by atoms with E-state index in [1.54, 1.807) is 5.57 Å². The van der Waals surface area contributed by atoms with Crippen LogP contribution >= 0.6 is 0 Å². The highest BCUT2D eigenvalue weighted by atomic mass is 14.9. The van der Waals surface area contributed by atoms with Gasteiger partial charge in [0.25, 0.3) is 0 Å². The summed E-state index contributed by atoms with van der Waals surface area (Å²) in [5.74, 6) is 0. The number of benzene rings is 1. The third-order valence-electron chi connectivity index (χ3n) is 4.07. The Kier molecular flexibility index (Phi) is 4.60. The number of hydrogen-bond donors (Lipinski definition) is 1. The van der Waals surface area contributed by atoms with Crippen LogP contribution in [0, 0.1) is 13.8 Å². The molecule has 0 aromatic heterocycles. The van der Waals surface area contributed by atoms with Crippen LogP contribution in [0.3, 0.4) is 0 Å². The van der Waals surface area contributed by atoms with Gasteiger partial charge in [-0.25, -0.2) is 0 Å². The van der Waals surface area contributed by atoms with Gasteiger partial charge in [0.2, 0.25) is 0 Å². The van der Waals surface area contributed by atoms with Gasteiger partial charge in [0.15, 0.2) is 0 Å². The molecule has 0 amide bonds. The van der Waals surface area contributed by atoms with Gasteiger partial charge in [0.05, 0.1) is 6.04 Å². The second-order valence-electron chi connectivity index (χ2n) is 5.41. The highest BCUT2D eigenvalue weighted by Crippen LogP contribution is 2.32. The molecule has 0 aliphatic heterocycles. The second-order valence-corrected chi connectivity index (χ2v) is 5.41. The zero-order valence-electron chi connectivity index (χ0n) is 11.9. The van der Waals surface area contributed by atoms with Gasteiger partial charge >= 0.3 is 0 Å². The Balaban J connectivity index is 2.35. The fraction of sp³-hybridized carbons (Fsp3) is 0.529. The van der Waals surface area contributed by atoms with E-state index >= 15 is 0 Å². The summed E-state index contributed by atoms with van der Waals surface area (Å²) in [6.45, 7) is 4.45. The second kappa shape index (κ2) is 6.19. The Labute approximate surface area is 111 Å². The van der Waals surface area contributed by atoms with E-state index in [4.69, 9.17) is 0 Å². The summed E-state index contributed by atoms with van der Waals surface area (Å²) in [5, 5.41) is 3.53. The molecule has 0 spiro atoms. The molecular weight excluding hydrogens is 218 g/mol. The lowest BCUT2D eigenvalue weighted by Gasteiger charge is -2.24. The molecule has 0 saturated heterocycles. The van der Waals surface area contributed by atoms with E-state index in [0.29, 0.717) is 6.04 Å². The molecule has 1 nitrogen and oxygen atoms in total. The molecule has 18 heavy (non-hydrogen) atoms. The first-order valence-corrected chi connectivity index (χ1v) is 7.16. The zero-order valence-corrected chi connectivity index (χ0v) is 11.9. The molecule has 1 N–H and O–H groups in total. The molecular formula is C17H25N. The summed E-state index contributed by atoms with van der Waals surface area (Å²) in [7, 11) is 2.09. The van der Waals surface area contributed by atoms with Crippen molar-refractivity contribution in [3.63, 3.8) is 0 Å². The van der Waals surface area contributed by atoms with Crippen LogP contribution in [-0.4, -0.2) is 7.05 Å². The van der Waals surface area contributed by atoms with Crippen LogP contribution < -0.4 is 5.32 Å². The fourth-order valence-corrected chi connectivity index (χ4v) is 3.10. The Hall–Kier alpha value is -1.08. The van der Waals surface area contributed by atoms with Crippen LogP contribution in [-0.2, 0) is 0 Å². The minimum Gasteiger partial charge on any atom is -0.310 e. The molecule has 98 valence electrons. The number of rotatable bonds is 3. The van der Waals surface area contributed by atoms with E-state index in [1.807, 2.05) is 0 Å². The number of allylic oxidation sites excluding steroid dienone is 1. The minimum atomic E-state index is 0.407. The van der Waals surface area contributed by atoms with Crippen LogP contribution in [0.4, 0.5) is 0 Å². The topological polar surface area (TPSA) is 12.0 Å². The molecule has 0 heterocycles. The Morgan fingerprint density at radius 2 is 1.78 bits per heavy atom. The first-order valence-electron chi connectivity index (χ1n) is 7.16. The highest BCUT2D eigenvalue weighted by molar-refractivity contribution is 5.40. The summed E-state index contributed by atoms with van der Waals surface area (Å²) >= 11 is 0. The van der Waals surface area contributed by atoms with Crippen LogP contribution in [0.15, 0.2) is 29.8 Å². The van der Waals surface area contributed by atoms with Gasteiger partial charge in [0, 0.05) is 0 Å². The van der Waals surface area contributed by atoms with Gasteiger partial charge in [-0.2, -0.15) is 0 Å². The fourth-order valence-electron chi connectivity index (χ4n) is 3.10. The van der Waals surface area contributed by atoms with E-state index in [2.05, 4.69) is 50.5 Å². The van der Waals surface area contributed by atoms with Crippen molar-refractivity contribution < 1.29 is 0 Å². The van der Waals surface area contributed by atoms with Crippen molar-refractivity contribution >= 4 is 0 Å². The Morgan fingerprint density at radius 3 is 2.44 bits per heavy atom. The summed E-state index contributed by atoms with van der Waals surface area (Å²) in [6, 6.07) is 7.01. The van der Waals surface area contributed by atoms with Crippen molar-refractivity contribution in [1.29, 1.82) is 0 Å². The van der Waals surface area contributed by atoms with Crippen LogP contribution in [0.25, 0.3) is 0 Å². The predicted octanol–water partition coefficient (Wildman–Crippen LogP) is 4.45. The molecule has 1 atom stereocenters. The maximum Gasteiger partial charge on any atom is 0.0538 e. The van der Waals surface area contributed by atoms with Crippen LogP contribution in [0.2, 0.25) is 0 Å². The molecule has 1 aromatic carbocycles. The van der Waals surface area contributed by atoms with Crippen molar-refractivity contribution in [2.75, 3.05) is 7.05 Å². The first kappa shape index (κ1) is 13.4. The molecule has 0 bridgehead atoms. The third kappa shape index (κ3) is 2.84. The van der Waals surface area contributed by atoms with Gasteiger partial charge < -0.3 is 5.32 Å². The van der Waals surface area contributed by atoms with Gasteiger partial charge in [-0.3, -0.25) is 0 Å². The molecule has 1 heteroatoms. The normalized spacial score (nSPS) is 18.1. The largest absolute Gasteiger partial charge is 0.310 e. The number of nitrogens with one attached hydrogen (secondary N) is 1. The summed E-state index contributed by atoms with van der Waals surface area (Å²) in [6.07, 6.45) is 9.04. The van der Waals surface area contributed by atoms with E-state index < -0.39 is 0 Å². The lowest BCUT2D eigenvalue weighted by molar-refractivity contribution is 0.623.